The number of ether oxygens (including phenoxy) is 1. The lowest BCUT2D eigenvalue weighted by Crippen LogP contribution is -2.37. The largest absolute Gasteiger partial charge is 0.497 e. The van der Waals surface area contributed by atoms with Crippen LogP contribution >= 0.6 is 11.8 Å². The zero-order chi connectivity index (χ0) is 21.0. The Morgan fingerprint density at radius 1 is 1.24 bits per heavy atom. The lowest BCUT2D eigenvalue weighted by atomic mass is 10.2. The predicted octanol–water partition coefficient (Wildman–Crippen LogP) is 2.07. The SMILES string of the molecule is COc1ccc(-[n+]2[nH]oc(=O)c2SC(C)C(=O)Nc2cccc(C(=O)O)c2)cc1. The van der Waals surface area contributed by atoms with Gasteiger partial charge in [-0.2, -0.15) is 0 Å². The van der Waals surface area contributed by atoms with E-state index in [0.29, 0.717) is 17.1 Å². The zero-order valence-corrected chi connectivity index (χ0v) is 16.4. The highest BCUT2D eigenvalue weighted by Gasteiger charge is 2.29. The van der Waals surface area contributed by atoms with Gasteiger partial charge in [0.1, 0.15) is 5.75 Å². The van der Waals surface area contributed by atoms with Crippen LogP contribution in [-0.4, -0.2) is 34.6 Å². The summed E-state index contributed by atoms with van der Waals surface area (Å²) in [5.41, 5.74) is 0.428. The van der Waals surface area contributed by atoms with Crippen LogP contribution in [0.5, 0.6) is 5.75 Å². The van der Waals surface area contributed by atoms with Crippen molar-refractivity contribution in [3.63, 3.8) is 0 Å². The highest BCUT2D eigenvalue weighted by molar-refractivity contribution is 8.00. The van der Waals surface area contributed by atoms with Crippen LogP contribution in [0, 0.1) is 0 Å². The average molecular weight is 416 g/mol. The number of rotatable bonds is 7. The van der Waals surface area contributed by atoms with Crippen molar-refractivity contribution < 1.29 is 28.6 Å². The van der Waals surface area contributed by atoms with Crippen molar-refractivity contribution >= 4 is 29.3 Å². The molecule has 0 spiro atoms. The molecule has 3 N–H and O–H groups in total. The highest BCUT2D eigenvalue weighted by atomic mass is 32.2. The van der Waals surface area contributed by atoms with Gasteiger partial charge in [-0.3, -0.25) is 9.32 Å². The maximum absolute atomic E-state index is 12.5. The minimum absolute atomic E-state index is 0.0618. The molecule has 3 aromatic rings. The van der Waals surface area contributed by atoms with Crippen LogP contribution in [0.3, 0.4) is 0 Å². The minimum atomic E-state index is -1.09. The van der Waals surface area contributed by atoms with Gasteiger partial charge in [0.05, 0.1) is 17.9 Å². The Morgan fingerprint density at radius 2 is 1.97 bits per heavy atom. The number of H-pyrrole nitrogens is 1. The molecule has 3 rings (SSSR count). The summed E-state index contributed by atoms with van der Waals surface area (Å²) in [5, 5.41) is 13.7. The Hall–Kier alpha value is -3.53. The van der Waals surface area contributed by atoms with Gasteiger partial charge in [0.2, 0.25) is 11.6 Å². The van der Waals surface area contributed by atoms with E-state index >= 15 is 0 Å². The van der Waals surface area contributed by atoms with Crippen LogP contribution in [0.25, 0.3) is 5.69 Å². The average Bonchev–Trinajstić information content (AvgIpc) is 3.08. The number of methoxy groups -OCH3 is 1. The van der Waals surface area contributed by atoms with Crippen molar-refractivity contribution in [3.05, 3.63) is 64.5 Å². The normalized spacial score (nSPS) is 11.7. The fraction of sp³-hybridized carbons (Fsp3) is 0.158. The minimum Gasteiger partial charge on any atom is -0.497 e. The quantitative estimate of drug-likeness (QED) is 0.398. The van der Waals surface area contributed by atoms with Crippen molar-refractivity contribution in [2.45, 2.75) is 17.2 Å². The number of thioether (sulfide) groups is 1. The van der Waals surface area contributed by atoms with E-state index in [2.05, 4.69) is 10.6 Å². The molecular weight excluding hydrogens is 398 g/mol. The molecule has 0 aliphatic rings. The number of carbonyl (C=O) groups is 2. The van der Waals surface area contributed by atoms with Crippen LogP contribution < -0.4 is 20.4 Å². The molecule has 1 heterocycles. The summed E-state index contributed by atoms with van der Waals surface area (Å²) in [6.07, 6.45) is 0. The summed E-state index contributed by atoms with van der Waals surface area (Å²) in [4.78, 5) is 35.7. The number of aromatic amines is 1. The molecular formula is C19H18N3O6S+. The number of nitrogens with one attached hydrogen (secondary N) is 2. The van der Waals surface area contributed by atoms with Gasteiger partial charge in [-0.15, -0.1) is 0 Å². The third-order valence-electron chi connectivity index (χ3n) is 3.97. The molecule has 29 heavy (non-hydrogen) atoms. The summed E-state index contributed by atoms with van der Waals surface area (Å²) in [5.74, 6) is -0.820. The van der Waals surface area contributed by atoms with Crippen LogP contribution in [-0.2, 0) is 4.79 Å². The van der Waals surface area contributed by atoms with Crippen LogP contribution in [0.15, 0.2) is 62.9 Å². The number of benzene rings is 2. The first-order chi connectivity index (χ1) is 13.9. The number of carboxylic acids is 1. The van der Waals surface area contributed by atoms with Crippen molar-refractivity contribution in [1.29, 1.82) is 0 Å². The van der Waals surface area contributed by atoms with Crippen molar-refractivity contribution in [2.75, 3.05) is 12.4 Å². The van der Waals surface area contributed by atoms with Gasteiger partial charge < -0.3 is 15.2 Å². The van der Waals surface area contributed by atoms with Gasteiger partial charge in [0.15, 0.2) is 0 Å². The summed E-state index contributed by atoms with van der Waals surface area (Å²) < 4.78 is 11.4. The third kappa shape index (κ3) is 4.66. The lowest BCUT2D eigenvalue weighted by molar-refractivity contribution is -0.704. The second-order valence-corrected chi connectivity index (χ2v) is 7.28. The fourth-order valence-corrected chi connectivity index (χ4v) is 3.35. The number of carboxylic acid groups (broad SMARTS) is 1. The topological polar surface area (TPSA) is 126 Å². The number of aromatic carboxylic acids is 1. The monoisotopic (exact) mass is 416 g/mol. The van der Waals surface area contributed by atoms with Crippen molar-refractivity contribution in [3.8, 4) is 11.4 Å². The molecule has 0 aliphatic carbocycles. The molecule has 2 aromatic carbocycles. The molecule has 0 saturated heterocycles. The Labute approximate surface area is 169 Å². The first-order valence-electron chi connectivity index (χ1n) is 8.48. The number of anilines is 1. The van der Waals surface area contributed by atoms with Gasteiger partial charge >= 0.3 is 16.6 Å². The van der Waals surface area contributed by atoms with E-state index in [1.165, 1.54) is 22.9 Å². The molecule has 150 valence electrons. The Bertz CT molecular complexity index is 1090. The van der Waals surface area contributed by atoms with E-state index in [9.17, 15) is 14.4 Å². The molecule has 1 unspecified atom stereocenters. The number of hydrogen-bond acceptors (Lipinski definition) is 6. The van der Waals surface area contributed by atoms with Crippen LogP contribution in [0.2, 0.25) is 0 Å². The molecule has 0 aliphatic heterocycles. The second kappa shape index (κ2) is 8.65. The van der Waals surface area contributed by atoms with Crippen LogP contribution in [0.4, 0.5) is 5.69 Å². The number of hydrogen-bond donors (Lipinski definition) is 3. The van der Waals surface area contributed by atoms with Crippen LogP contribution in [0.1, 0.15) is 17.3 Å². The molecule has 0 radical (unpaired) electrons. The molecule has 9 nitrogen and oxygen atoms in total. The van der Waals surface area contributed by atoms with Gasteiger partial charge in [-0.25, -0.2) is 9.59 Å². The van der Waals surface area contributed by atoms with E-state index in [4.69, 9.17) is 14.4 Å². The van der Waals surface area contributed by atoms with Gasteiger partial charge in [0.25, 0.3) is 0 Å². The smallest absolute Gasteiger partial charge is 0.442 e. The zero-order valence-electron chi connectivity index (χ0n) is 15.5. The molecule has 10 heteroatoms. The summed E-state index contributed by atoms with van der Waals surface area (Å²) in [6, 6.07) is 12.8. The second-order valence-electron chi connectivity index (χ2n) is 5.95. The van der Waals surface area contributed by atoms with E-state index in [-0.39, 0.29) is 16.5 Å². The molecule has 1 atom stereocenters. The van der Waals surface area contributed by atoms with Crippen molar-refractivity contribution in [1.82, 2.24) is 5.27 Å². The van der Waals surface area contributed by atoms with Gasteiger partial charge in [0, 0.05) is 17.8 Å². The number of amides is 1. The summed E-state index contributed by atoms with van der Waals surface area (Å²) in [6.45, 7) is 1.63. The summed E-state index contributed by atoms with van der Waals surface area (Å²) >= 11 is 1.01. The molecule has 0 fully saturated rings. The standard InChI is InChI=1S/C19H17N3O6S/c1-11(16(23)20-13-5-3-4-12(10-13)18(24)25)29-17-19(26)28-21-22(17)14-6-8-15(27-2)9-7-14/h3-11H,1-2H3,(H2-,20,21,23,24,25,26)/p+1. The third-order valence-corrected chi connectivity index (χ3v) is 5.11. The Balaban J connectivity index is 1.76. The van der Waals surface area contributed by atoms with Gasteiger partial charge in [-0.1, -0.05) is 6.07 Å². The summed E-state index contributed by atoms with van der Waals surface area (Å²) in [7, 11) is 1.55. The maximum atomic E-state index is 12.5. The molecule has 0 bridgehead atoms. The first kappa shape index (κ1) is 20.2. The van der Waals surface area contributed by atoms with E-state index in [0.717, 1.165) is 11.8 Å². The fourth-order valence-electron chi connectivity index (χ4n) is 2.46. The number of nitrogens with zero attached hydrogens (tertiary/aromatic N) is 1. The molecule has 1 aromatic heterocycles. The van der Waals surface area contributed by atoms with Gasteiger partial charge in [-0.05, 0) is 59.0 Å². The van der Waals surface area contributed by atoms with E-state index < -0.39 is 16.8 Å². The maximum Gasteiger partial charge on any atom is 0.442 e. The number of aromatic nitrogens is 2. The Kier molecular flexibility index (Phi) is 6.03. The van der Waals surface area contributed by atoms with Crippen molar-refractivity contribution in [2.24, 2.45) is 0 Å². The predicted molar refractivity (Wildman–Crippen MR) is 105 cm³/mol. The lowest BCUT2D eigenvalue weighted by Gasteiger charge is -2.10. The highest BCUT2D eigenvalue weighted by Crippen LogP contribution is 2.21. The Morgan fingerprint density at radius 3 is 2.62 bits per heavy atom. The molecule has 0 saturated carbocycles. The molecule has 1 amide bonds. The van der Waals surface area contributed by atoms with E-state index in [1.807, 2.05) is 0 Å². The first-order valence-corrected chi connectivity index (χ1v) is 9.36. The number of carbonyl (C=O) groups excluding carboxylic acids is 1. The van der Waals surface area contributed by atoms with E-state index in [1.54, 1.807) is 44.4 Å².